The molecule has 0 spiro atoms. The Morgan fingerprint density at radius 2 is 2.00 bits per heavy atom. The summed E-state index contributed by atoms with van der Waals surface area (Å²) in [5.74, 6) is 0.605. The van der Waals surface area contributed by atoms with Gasteiger partial charge < -0.3 is 14.5 Å². The molecule has 1 aromatic rings. The molecule has 2 bridgehead atoms. The minimum atomic E-state index is -0.190. The van der Waals surface area contributed by atoms with E-state index in [1.54, 1.807) is 24.1 Å². The van der Waals surface area contributed by atoms with Crippen LogP contribution in [0.4, 0.5) is 0 Å². The van der Waals surface area contributed by atoms with Gasteiger partial charge in [-0.25, -0.2) is 0 Å². The van der Waals surface area contributed by atoms with Gasteiger partial charge in [-0.1, -0.05) is 12.1 Å². The number of carbonyl (C=O) groups excluding carboxylic acids is 2. The highest BCUT2D eigenvalue weighted by Crippen LogP contribution is 2.24. The molecule has 134 valence electrons. The second-order valence-electron chi connectivity index (χ2n) is 6.88. The van der Waals surface area contributed by atoms with Gasteiger partial charge in [0.25, 0.3) is 5.91 Å². The summed E-state index contributed by atoms with van der Waals surface area (Å²) in [5.41, 5.74) is 0.636. The summed E-state index contributed by atoms with van der Waals surface area (Å²) in [6.07, 6.45) is 5.19. The number of ether oxygens (including phenoxy) is 1. The molecule has 5 nitrogen and oxygen atoms in total. The first-order chi connectivity index (χ1) is 12.1. The number of carbonyl (C=O) groups is 2. The summed E-state index contributed by atoms with van der Waals surface area (Å²) in [6.45, 7) is 5.71. The van der Waals surface area contributed by atoms with Crippen LogP contribution in [0.2, 0.25) is 0 Å². The number of nitrogens with zero attached hydrogens (tertiary/aromatic N) is 2. The molecule has 2 unspecified atom stereocenters. The number of benzene rings is 1. The third-order valence-electron chi connectivity index (χ3n) is 5.14. The lowest BCUT2D eigenvalue weighted by molar-refractivity contribution is -0.135. The maximum Gasteiger partial charge on any atom is 0.253 e. The smallest absolute Gasteiger partial charge is 0.253 e. The lowest BCUT2D eigenvalue weighted by atomic mass is 10.0. The zero-order valence-corrected chi connectivity index (χ0v) is 14.8. The molecule has 0 saturated carbocycles. The molecule has 2 aliphatic rings. The summed E-state index contributed by atoms with van der Waals surface area (Å²) in [5, 5.41) is 0. The Kier molecular flexibility index (Phi) is 5.41. The Morgan fingerprint density at radius 3 is 2.80 bits per heavy atom. The topological polar surface area (TPSA) is 49.9 Å². The van der Waals surface area contributed by atoms with Crippen molar-refractivity contribution in [3.63, 3.8) is 0 Å². The molecule has 2 amide bonds. The van der Waals surface area contributed by atoms with Gasteiger partial charge in [-0.05, 0) is 43.9 Å². The highest BCUT2D eigenvalue weighted by molar-refractivity contribution is 5.94. The van der Waals surface area contributed by atoms with Crippen LogP contribution < -0.4 is 4.74 Å². The summed E-state index contributed by atoms with van der Waals surface area (Å²) < 4.78 is 5.92. The van der Waals surface area contributed by atoms with Gasteiger partial charge in [-0.2, -0.15) is 0 Å². The number of amides is 2. The van der Waals surface area contributed by atoms with E-state index in [0.29, 0.717) is 30.9 Å². The molecule has 2 atom stereocenters. The Hall–Kier alpha value is -2.30. The molecule has 1 fully saturated rings. The molecule has 0 aromatic heterocycles. The van der Waals surface area contributed by atoms with Crippen molar-refractivity contribution in [1.29, 1.82) is 0 Å². The van der Waals surface area contributed by atoms with Gasteiger partial charge >= 0.3 is 0 Å². The highest BCUT2D eigenvalue weighted by Gasteiger charge is 2.32. The van der Waals surface area contributed by atoms with Crippen LogP contribution in [0.5, 0.6) is 5.75 Å². The van der Waals surface area contributed by atoms with Crippen LogP contribution >= 0.6 is 0 Å². The standard InChI is InChI=1S/C20H26N2O3/c1-3-15-8-5-11-21(2)19(23)16-7-4-10-18(13-16)25-14-17-9-6-12-22(17)20(15)24/h3-4,7,10,13,15,17H,1,5-6,8-9,11-12,14H2,2H3. The lowest BCUT2D eigenvalue weighted by Gasteiger charge is -2.28. The molecule has 1 aromatic carbocycles. The number of fused-ring (bicyclic) bond motifs is 3. The lowest BCUT2D eigenvalue weighted by Crippen LogP contribution is -2.42. The van der Waals surface area contributed by atoms with E-state index in [1.165, 1.54) is 0 Å². The summed E-state index contributed by atoms with van der Waals surface area (Å²) in [7, 11) is 1.79. The number of hydrogen-bond donors (Lipinski definition) is 0. The fourth-order valence-electron chi connectivity index (χ4n) is 3.64. The van der Waals surface area contributed by atoms with Crippen LogP contribution in [0.15, 0.2) is 36.9 Å². The van der Waals surface area contributed by atoms with Gasteiger partial charge in [0.05, 0.1) is 12.0 Å². The Morgan fingerprint density at radius 1 is 1.20 bits per heavy atom. The summed E-state index contributed by atoms with van der Waals surface area (Å²) >= 11 is 0. The molecule has 25 heavy (non-hydrogen) atoms. The first-order valence-electron chi connectivity index (χ1n) is 9.01. The van der Waals surface area contributed by atoms with Crippen LogP contribution in [-0.2, 0) is 4.79 Å². The van der Waals surface area contributed by atoms with E-state index in [0.717, 1.165) is 25.8 Å². The highest BCUT2D eigenvalue weighted by atomic mass is 16.5. The second kappa shape index (κ2) is 7.72. The zero-order valence-electron chi connectivity index (χ0n) is 14.8. The molecule has 5 heteroatoms. The molecule has 0 N–H and O–H groups in total. The second-order valence-corrected chi connectivity index (χ2v) is 6.88. The van der Waals surface area contributed by atoms with Gasteiger partial charge in [0.1, 0.15) is 12.4 Å². The average Bonchev–Trinajstić information content (AvgIpc) is 3.10. The van der Waals surface area contributed by atoms with Gasteiger partial charge in [-0.3, -0.25) is 9.59 Å². The fourth-order valence-corrected chi connectivity index (χ4v) is 3.64. The van der Waals surface area contributed by atoms with Crippen molar-refractivity contribution in [3.8, 4) is 5.75 Å². The van der Waals surface area contributed by atoms with Gasteiger partial charge in [0.15, 0.2) is 0 Å². The Bertz CT molecular complexity index is 658. The SMILES string of the molecule is C=CC1CCCN(C)C(=O)c2cccc(c2)OCC2CCCN2C1=O. The molecule has 0 aliphatic carbocycles. The maximum atomic E-state index is 12.9. The van der Waals surface area contributed by atoms with E-state index in [9.17, 15) is 9.59 Å². The third-order valence-corrected chi connectivity index (χ3v) is 5.14. The van der Waals surface area contributed by atoms with E-state index in [2.05, 4.69) is 6.58 Å². The largest absolute Gasteiger partial charge is 0.491 e. The summed E-state index contributed by atoms with van der Waals surface area (Å²) in [4.78, 5) is 29.1. The molecular formula is C20H26N2O3. The summed E-state index contributed by atoms with van der Waals surface area (Å²) in [6, 6.07) is 7.40. The van der Waals surface area contributed by atoms with Gasteiger partial charge in [0.2, 0.25) is 5.91 Å². The maximum absolute atomic E-state index is 12.9. The van der Waals surface area contributed by atoms with Gasteiger partial charge in [-0.15, -0.1) is 6.58 Å². The molecule has 2 heterocycles. The fraction of sp³-hybridized carbons (Fsp3) is 0.500. The van der Waals surface area contributed by atoms with Crippen molar-refractivity contribution in [3.05, 3.63) is 42.5 Å². The molecule has 1 saturated heterocycles. The predicted molar refractivity (Wildman–Crippen MR) is 96.6 cm³/mol. The van der Waals surface area contributed by atoms with Crippen molar-refractivity contribution < 1.29 is 14.3 Å². The predicted octanol–water partition coefficient (Wildman–Crippen LogP) is 2.72. The van der Waals surface area contributed by atoms with E-state index >= 15 is 0 Å². The van der Waals surface area contributed by atoms with Crippen molar-refractivity contribution in [1.82, 2.24) is 9.80 Å². The van der Waals surface area contributed by atoms with Crippen molar-refractivity contribution in [2.45, 2.75) is 31.7 Å². The number of hydrogen-bond acceptors (Lipinski definition) is 3. The average molecular weight is 342 g/mol. The van der Waals surface area contributed by atoms with Crippen LogP contribution in [-0.4, -0.2) is 54.4 Å². The Labute approximate surface area is 149 Å². The zero-order chi connectivity index (χ0) is 17.8. The normalized spacial score (nSPS) is 25.2. The van der Waals surface area contributed by atoms with Gasteiger partial charge in [0, 0.05) is 25.7 Å². The number of rotatable bonds is 1. The monoisotopic (exact) mass is 342 g/mol. The first-order valence-corrected chi connectivity index (χ1v) is 9.01. The minimum Gasteiger partial charge on any atom is -0.491 e. The molecule has 0 radical (unpaired) electrons. The minimum absolute atomic E-state index is 0.0218. The van der Waals surface area contributed by atoms with Crippen LogP contribution in [0.3, 0.4) is 0 Å². The van der Waals surface area contributed by atoms with Crippen LogP contribution in [0.1, 0.15) is 36.0 Å². The van der Waals surface area contributed by atoms with E-state index in [-0.39, 0.29) is 23.8 Å². The van der Waals surface area contributed by atoms with Crippen molar-refractivity contribution >= 4 is 11.8 Å². The Balaban J connectivity index is 1.86. The third kappa shape index (κ3) is 3.86. The molecule has 3 rings (SSSR count). The first kappa shape index (κ1) is 17.5. The quantitative estimate of drug-likeness (QED) is 0.738. The van der Waals surface area contributed by atoms with Crippen molar-refractivity contribution in [2.24, 2.45) is 5.92 Å². The molecule has 2 aliphatic heterocycles. The molecular weight excluding hydrogens is 316 g/mol. The van der Waals surface area contributed by atoms with Crippen LogP contribution in [0.25, 0.3) is 0 Å². The van der Waals surface area contributed by atoms with Crippen LogP contribution in [0, 0.1) is 5.92 Å². The van der Waals surface area contributed by atoms with E-state index in [4.69, 9.17) is 4.74 Å². The van der Waals surface area contributed by atoms with E-state index in [1.807, 2.05) is 23.1 Å². The van der Waals surface area contributed by atoms with Crippen molar-refractivity contribution in [2.75, 3.05) is 26.7 Å². The van der Waals surface area contributed by atoms with E-state index < -0.39 is 0 Å².